The minimum absolute atomic E-state index is 0.0722. The van der Waals surface area contributed by atoms with Crippen LogP contribution in [0.3, 0.4) is 0 Å². The van der Waals surface area contributed by atoms with Crippen molar-refractivity contribution in [2.45, 2.75) is 63.9 Å². The molecule has 2 fully saturated rings. The summed E-state index contributed by atoms with van der Waals surface area (Å²) in [6.07, 6.45) is 8.39. The van der Waals surface area contributed by atoms with E-state index in [9.17, 15) is 5.11 Å². The molecule has 0 amide bonds. The van der Waals surface area contributed by atoms with Gasteiger partial charge in [-0.1, -0.05) is 13.0 Å². The van der Waals surface area contributed by atoms with Crippen LogP contribution in [-0.4, -0.2) is 18.3 Å². The van der Waals surface area contributed by atoms with Gasteiger partial charge in [-0.2, -0.15) is 0 Å². The van der Waals surface area contributed by atoms with Crippen molar-refractivity contribution in [3.8, 4) is 5.75 Å². The van der Waals surface area contributed by atoms with Gasteiger partial charge in [0.2, 0.25) is 0 Å². The lowest BCUT2D eigenvalue weighted by Crippen LogP contribution is -2.42. The largest absolute Gasteiger partial charge is 0.497 e. The zero-order chi connectivity index (χ0) is 15.3. The van der Waals surface area contributed by atoms with Gasteiger partial charge in [-0.05, 0) is 91.4 Å². The average Bonchev–Trinajstić information content (AvgIpc) is 2.72. The first-order chi connectivity index (χ1) is 10.6. The first kappa shape index (κ1) is 14.6. The molecule has 0 saturated heterocycles. The van der Waals surface area contributed by atoms with E-state index in [1.807, 2.05) is 0 Å². The maximum Gasteiger partial charge on any atom is 0.119 e. The molecule has 4 rings (SSSR count). The Hall–Kier alpha value is -1.02. The summed E-state index contributed by atoms with van der Waals surface area (Å²) >= 11 is 0. The van der Waals surface area contributed by atoms with Crippen molar-refractivity contribution >= 4 is 0 Å². The maximum atomic E-state index is 10.5. The van der Waals surface area contributed by atoms with Crippen LogP contribution in [0.5, 0.6) is 5.75 Å². The Morgan fingerprint density at radius 2 is 2.05 bits per heavy atom. The number of ether oxygens (including phenoxy) is 1. The third-order valence-corrected chi connectivity index (χ3v) is 7.12. The van der Waals surface area contributed by atoms with Gasteiger partial charge in [-0.15, -0.1) is 0 Å². The lowest BCUT2D eigenvalue weighted by atomic mass is 9.58. The van der Waals surface area contributed by atoms with Crippen molar-refractivity contribution < 1.29 is 9.84 Å². The van der Waals surface area contributed by atoms with Crippen LogP contribution in [-0.2, 0) is 6.42 Å². The fourth-order valence-electron chi connectivity index (χ4n) is 5.86. The number of hydrogen-bond acceptors (Lipinski definition) is 2. The van der Waals surface area contributed by atoms with Crippen LogP contribution < -0.4 is 4.74 Å². The second kappa shape index (κ2) is 5.26. The molecule has 0 radical (unpaired) electrons. The Bertz CT molecular complexity index is 567. The van der Waals surface area contributed by atoms with Crippen molar-refractivity contribution in [2.75, 3.05) is 7.11 Å². The molecule has 2 nitrogen and oxygen atoms in total. The van der Waals surface area contributed by atoms with Gasteiger partial charge >= 0.3 is 0 Å². The zero-order valence-corrected chi connectivity index (χ0v) is 13.8. The van der Waals surface area contributed by atoms with E-state index in [0.717, 1.165) is 18.1 Å². The third kappa shape index (κ3) is 2.03. The molecular weight excluding hydrogens is 272 g/mol. The van der Waals surface area contributed by atoms with Crippen LogP contribution in [0, 0.1) is 17.3 Å². The summed E-state index contributed by atoms with van der Waals surface area (Å²) < 4.78 is 5.42. The van der Waals surface area contributed by atoms with E-state index in [-0.39, 0.29) is 11.5 Å². The van der Waals surface area contributed by atoms with Crippen molar-refractivity contribution in [1.82, 2.24) is 0 Å². The van der Waals surface area contributed by atoms with Gasteiger partial charge in [-0.25, -0.2) is 0 Å². The fraction of sp³-hybridized carbons (Fsp3) is 0.700. The molecule has 1 aromatic carbocycles. The van der Waals surface area contributed by atoms with Crippen LogP contribution in [0.1, 0.15) is 62.5 Å². The molecule has 1 N–H and O–H groups in total. The van der Waals surface area contributed by atoms with Gasteiger partial charge < -0.3 is 9.84 Å². The number of rotatable bonds is 1. The molecule has 0 bridgehead atoms. The molecule has 22 heavy (non-hydrogen) atoms. The van der Waals surface area contributed by atoms with Crippen molar-refractivity contribution in [3.63, 3.8) is 0 Å². The first-order valence-electron chi connectivity index (χ1n) is 8.98. The molecule has 3 aliphatic carbocycles. The molecule has 2 saturated carbocycles. The van der Waals surface area contributed by atoms with Gasteiger partial charge in [0.25, 0.3) is 0 Å². The van der Waals surface area contributed by atoms with Crippen LogP contribution in [0.15, 0.2) is 18.2 Å². The molecule has 0 spiro atoms. The highest BCUT2D eigenvalue weighted by Crippen LogP contribution is 2.60. The molecule has 0 heterocycles. The van der Waals surface area contributed by atoms with Crippen LogP contribution in [0.2, 0.25) is 0 Å². The van der Waals surface area contributed by atoms with E-state index in [1.54, 1.807) is 12.7 Å². The number of aryl methyl sites for hydroxylation is 1. The summed E-state index contributed by atoms with van der Waals surface area (Å²) in [6, 6.07) is 6.72. The Morgan fingerprint density at radius 1 is 1.18 bits per heavy atom. The van der Waals surface area contributed by atoms with E-state index in [1.165, 1.54) is 44.1 Å². The normalized spacial score (nSPS) is 40.3. The quantitative estimate of drug-likeness (QED) is 0.838. The van der Waals surface area contributed by atoms with E-state index in [0.29, 0.717) is 11.8 Å². The van der Waals surface area contributed by atoms with Crippen LogP contribution >= 0.6 is 0 Å². The molecule has 5 atom stereocenters. The van der Waals surface area contributed by atoms with E-state index in [4.69, 9.17) is 4.74 Å². The molecule has 2 heteroatoms. The highest BCUT2D eigenvalue weighted by atomic mass is 16.5. The SMILES string of the molecule is COc1ccc2c(c1)CCCC1C2CCC2(C)C(O)CCC12. The van der Waals surface area contributed by atoms with Gasteiger partial charge in [0.05, 0.1) is 13.2 Å². The summed E-state index contributed by atoms with van der Waals surface area (Å²) in [5.74, 6) is 3.18. The fourth-order valence-corrected chi connectivity index (χ4v) is 5.86. The highest BCUT2D eigenvalue weighted by molar-refractivity contribution is 5.39. The minimum atomic E-state index is -0.0722. The van der Waals surface area contributed by atoms with Crippen molar-refractivity contribution in [1.29, 1.82) is 0 Å². The van der Waals surface area contributed by atoms with E-state index >= 15 is 0 Å². The molecule has 0 aliphatic heterocycles. The Kier molecular flexibility index (Phi) is 3.48. The van der Waals surface area contributed by atoms with E-state index < -0.39 is 0 Å². The molecule has 1 aromatic rings. The summed E-state index contributed by atoms with van der Waals surface area (Å²) in [5, 5.41) is 10.5. The number of aliphatic hydroxyl groups excluding tert-OH is 1. The summed E-state index contributed by atoms with van der Waals surface area (Å²) in [7, 11) is 1.76. The van der Waals surface area contributed by atoms with Crippen LogP contribution in [0.25, 0.3) is 0 Å². The van der Waals surface area contributed by atoms with Gasteiger partial charge in [0.15, 0.2) is 0 Å². The average molecular weight is 300 g/mol. The lowest BCUT2D eigenvalue weighted by molar-refractivity contribution is -0.0201. The zero-order valence-electron chi connectivity index (χ0n) is 13.8. The van der Waals surface area contributed by atoms with E-state index in [2.05, 4.69) is 25.1 Å². The number of hydrogen-bond donors (Lipinski definition) is 1. The van der Waals surface area contributed by atoms with Crippen molar-refractivity contribution in [2.24, 2.45) is 17.3 Å². The summed E-state index contributed by atoms with van der Waals surface area (Å²) in [6.45, 7) is 2.35. The Labute approximate surface area is 133 Å². The second-order valence-corrected chi connectivity index (χ2v) is 7.97. The Balaban J connectivity index is 1.71. The maximum absolute atomic E-state index is 10.5. The lowest BCUT2D eigenvalue weighted by Gasteiger charge is -2.47. The number of fused-ring (bicyclic) bond motifs is 5. The molecule has 120 valence electrons. The number of aliphatic hydroxyl groups is 1. The molecular formula is C20H28O2. The highest BCUT2D eigenvalue weighted by Gasteiger charge is 2.53. The smallest absolute Gasteiger partial charge is 0.119 e. The summed E-state index contributed by atoms with van der Waals surface area (Å²) in [5.41, 5.74) is 3.26. The number of methoxy groups -OCH3 is 1. The number of benzene rings is 1. The molecule has 3 aliphatic rings. The standard InChI is InChI=1S/C20H28O2/c1-20-11-10-16-15-7-6-14(22-2)12-13(15)4-3-5-17(16)18(20)8-9-19(20)21/h6-7,12,16-19,21H,3-5,8-11H2,1-2H3. The first-order valence-corrected chi connectivity index (χ1v) is 8.98. The van der Waals surface area contributed by atoms with Gasteiger partial charge in [0.1, 0.15) is 5.75 Å². The minimum Gasteiger partial charge on any atom is -0.497 e. The molecule has 5 unspecified atom stereocenters. The molecule has 0 aromatic heterocycles. The van der Waals surface area contributed by atoms with Gasteiger partial charge in [-0.3, -0.25) is 0 Å². The third-order valence-electron chi connectivity index (χ3n) is 7.12. The predicted molar refractivity (Wildman–Crippen MR) is 88.2 cm³/mol. The summed E-state index contributed by atoms with van der Waals surface area (Å²) in [4.78, 5) is 0. The van der Waals surface area contributed by atoms with Crippen LogP contribution in [0.4, 0.5) is 0 Å². The topological polar surface area (TPSA) is 29.5 Å². The van der Waals surface area contributed by atoms with Gasteiger partial charge in [0, 0.05) is 0 Å². The van der Waals surface area contributed by atoms with Crippen molar-refractivity contribution in [3.05, 3.63) is 29.3 Å². The monoisotopic (exact) mass is 300 g/mol. The second-order valence-electron chi connectivity index (χ2n) is 7.97. The predicted octanol–water partition coefficient (Wildman–Crippen LogP) is 4.30. The Morgan fingerprint density at radius 3 is 2.86 bits per heavy atom.